The van der Waals surface area contributed by atoms with Crippen LogP contribution in [0.3, 0.4) is 0 Å². The third-order valence-electron chi connectivity index (χ3n) is 2.48. The highest BCUT2D eigenvalue weighted by atomic mass is 35.5. The van der Waals surface area contributed by atoms with Crippen LogP contribution < -0.4 is 10.2 Å². The van der Waals surface area contributed by atoms with Gasteiger partial charge in [-0.15, -0.1) is 0 Å². The minimum absolute atomic E-state index is 0.288. The summed E-state index contributed by atoms with van der Waals surface area (Å²) in [5.74, 6) is 0.393. The predicted molar refractivity (Wildman–Crippen MR) is 75.8 cm³/mol. The van der Waals surface area contributed by atoms with E-state index in [0.717, 1.165) is 0 Å². The van der Waals surface area contributed by atoms with Crippen LogP contribution >= 0.6 is 11.6 Å². The van der Waals surface area contributed by atoms with E-state index in [4.69, 9.17) is 11.6 Å². The number of halogens is 1. The molecule has 0 unspecified atom stereocenters. The Hall–Kier alpha value is -2.14. The van der Waals surface area contributed by atoms with E-state index in [2.05, 4.69) is 15.3 Å². The summed E-state index contributed by atoms with van der Waals surface area (Å²) in [5.41, 5.74) is 1.01. The summed E-state index contributed by atoms with van der Waals surface area (Å²) >= 11 is 5.94. The van der Waals surface area contributed by atoms with Crippen molar-refractivity contribution in [3.63, 3.8) is 0 Å². The lowest BCUT2D eigenvalue weighted by Gasteiger charge is -2.16. The molecule has 0 aromatic carbocycles. The number of carbonyl (C=O) groups excluding carboxylic acids is 1. The van der Waals surface area contributed by atoms with Crippen molar-refractivity contribution in [1.82, 2.24) is 9.97 Å². The zero-order chi connectivity index (χ0) is 13.8. The molecular weight excluding hydrogens is 264 g/mol. The molecule has 6 heteroatoms. The molecule has 0 bridgehead atoms. The van der Waals surface area contributed by atoms with E-state index in [0.29, 0.717) is 22.1 Å². The van der Waals surface area contributed by atoms with Gasteiger partial charge in [-0.05, 0) is 18.2 Å². The predicted octanol–water partition coefficient (Wildman–Crippen LogP) is 2.45. The maximum atomic E-state index is 12.1. The molecule has 19 heavy (non-hydrogen) atoms. The number of rotatable bonds is 3. The number of nitrogens with one attached hydrogen (secondary N) is 1. The molecule has 0 atom stereocenters. The fraction of sp³-hybridized carbons (Fsp3) is 0.154. The van der Waals surface area contributed by atoms with Crippen molar-refractivity contribution in [2.45, 2.75) is 0 Å². The fourth-order valence-corrected chi connectivity index (χ4v) is 1.81. The highest BCUT2D eigenvalue weighted by Crippen LogP contribution is 2.22. The molecule has 1 amide bonds. The van der Waals surface area contributed by atoms with Gasteiger partial charge in [-0.25, -0.2) is 4.98 Å². The van der Waals surface area contributed by atoms with Crippen molar-refractivity contribution in [2.75, 3.05) is 24.3 Å². The Kier molecular flexibility index (Phi) is 3.97. The van der Waals surface area contributed by atoms with Crippen LogP contribution in [0, 0.1) is 0 Å². The third-order valence-corrected chi connectivity index (χ3v) is 2.78. The lowest BCUT2D eigenvalue weighted by atomic mass is 10.2. The van der Waals surface area contributed by atoms with Gasteiger partial charge < -0.3 is 10.2 Å². The lowest BCUT2D eigenvalue weighted by molar-refractivity contribution is 0.102. The zero-order valence-corrected chi connectivity index (χ0v) is 11.3. The van der Waals surface area contributed by atoms with Gasteiger partial charge >= 0.3 is 0 Å². The Labute approximate surface area is 116 Å². The topological polar surface area (TPSA) is 58.1 Å². The third kappa shape index (κ3) is 3.00. The van der Waals surface area contributed by atoms with Crippen molar-refractivity contribution in [1.29, 1.82) is 0 Å². The van der Waals surface area contributed by atoms with Crippen LogP contribution in [0.2, 0.25) is 5.02 Å². The molecule has 0 saturated heterocycles. The van der Waals surface area contributed by atoms with E-state index >= 15 is 0 Å². The van der Waals surface area contributed by atoms with Gasteiger partial charge in [-0.1, -0.05) is 11.6 Å². The Morgan fingerprint density at radius 3 is 2.79 bits per heavy atom. The molecule has 0 aliphatic rings. The molecule has 2 aromatic rings. The summed E-state index contributed by atoms with van der Waals surface area (Å²) in [6.07, 6.45) is 4.63. The Morgan fingerprint density at radius 2 is 2.11 bits per heavy atom. The first kappa shape index (κ1) is 13.3. The number of pyridine rings is 2. The van der Waals surface area contributed by atoms with Crippen molar-refractivity contribution in [2.24, 2.45) is 0 Å². The summed E-state index contributed by atoms with van der Waals surface area (Å²) in [6.45, 7) is 0. The average molecular weight is 277 g/mol. The largest absolute Gasteiger partial charge is 0.361 e. The van der Waals surface area contributed by atoms with Crippen LogP contribution in [0.1, 0.15) is 10.4 Å². The zero-order valence-electron chi connectivity index (χ0n) is 10.6. The SMILES string of the molecule is CN(C)c1ncccc1NC(=O)c1ccncc1Cl. The average Bonchev–Trinajstić information content (AvgIpc) is 2.39. The van der Waals surface area contributed by atoms with Crippen molar-refractivity contribution < 1.29 is 4.79 Å². The normalized spacial score (nSPS) is 10.1. The second kappa shape index (κ2) is 5.67. The molecular formula is C13H13ClN4O. The number of amides is 1. The molecule has 0 aliphatic carbocycles. The van der Waals surface area contributed by atoms with Gasteiger partial charge in [-0.2, -0.15) is 0 Å². The van der Waals surface area contributed by atoms with Crippen LogP contribution in [-0.4, -0.2) is 30.0 Å². The summed E-state index contributed by atoms with van der Waals surface area (Å²) < 4.78 is 0. The molecule has 0 aliphatic heterocycles. The molecule has 98 valence electrons. The molecule has 0 fully saturated rings. The van der Waals surface area contributed by atoms with Gasteiger partial charge in [0.05, 0.1) is 16.3 Å². The number of hydrogen-bond acceptors (Lipinski definition) is 4. The molecule has 2 aromatic heterocycles. The number of carbonyl (C=O) groups is 1. The summed E-state index contributed by atoms with van der Waals surface area (Å²) in [4.78, 5) is 22.0. The fourth-order valence-electron chi connectivity index (χ4n) is 1.60. The van der Waals surface area contributed by atoms with Crippen LogP contribution in [-0.2, 0) is 0 Å². The molecule has 0 radical (unpaired) electrons. The number of hydrogen-bond donors (Lipinski definition) is 1. The quantitative estimate of drug-likeness (QED) is 0.935. The van der Waals surface area contributed by atoms with Crippen LogP contribution in [0.5, 0.6) is 0 Å². The second-order valence-electron chi connectivity index (χ2n) is 4.08. The monoisotopic (exact) mass is 276 g/mol. The molecule has 2 rings (SSSR count). The van der Waals surface area contributed by atoms with E-state index in [1.807, 2.05) is 19.0 Å². The lowest BCUT2D eigenvalue weighted by Crippen LogP contribution is -2.18. The summed E-state index contributed by atoms with van der Waals surface area (Å²) in [7, 11) is 3.72. The first-order chi connectivity index (χ1) is 9.09. The first-order valence-electron chi connectivity index (χ1n) is 5.63. The number of aromatic nitrogens is 2. The van der Waals surface area contributed by atoms with Crippen molar-refractivity contribution in [3.8, 4) is 0 Å². The summed E-state index contributed by atoms with van der Waals surface area (Å²) in [6, 6.07) is 5.12. The maximum absolute atomic E-state index is 12.1. The van der Waals surface area contributed by atoms with E-state index in [-0.39, 0.29) is 5.91 Å². The number of anilines is 2. The van der Waals surface area contributed by atoms with Gasteiger partial charge in [0.25, 0.3) is 5.91 Å². The molecule has 0 saturated carbocycles. The van der Waals surface area contributed by atoms with Crippen LogP contribution in [0.15, 0.2) is 36.8 Å². The molecule has 5 nitrogen and oxygen atoms in total. The molecule has 1 N–H and O–H groups in total. The van der Waals surface area contributed by atoms with Crippen LogP contribution in [0.4, 0.5) is 11.5 Å². The Bertz CT molecular complexity index is 601. The minimum atomic E-state index is -0.288. The van der Waals surface area contributed by atoms with Gasteiger partial charge in [0, 0.05) is 32.7 Å². The standard InChI is InChI=1S/C13H13ClN4O/c1-18(2)12-11(4-3-6-16-12)17-13(19)9-5-7-15-8-10(9)14/h3-8H,1-2H3,(H,17,19). The maximum Gasteiger partial charge on any atom is 0.257 e. The van der Waals surface area contributed by atoms with E-state index in [9.17, 15) is 4.79 Å². The van der Waals surface area contributed by atoms with Gasteiger partial charge in [0.2, 0.25) is 0 Å². The first-order valence-corrected chi connectivity index (χ1v) is 6.00. The van der Waals surface area contributed by atoms with Gasteiger partial charge in [-0.3, -0.25) is 9.78 Å². The van der Waals surface area contributed by atoms with Crippen molar-refractivity contribution in [3.05, 3.63) is 47.4 Å². The second-order valence-corrected chi connectivity index (χ2v) is 4.49. The van der Waals surface area contributed by atoms with Gasteiger partial charge in [0.1, 0.15) is 0 Å². The Balaban J connectivity index is 2.27. The molecule has 2 heterocycles. The van der Waals surface area contributed by atoms with Crippen LogP contribution in [0.25, 0.3) is 0 Å². The van der Waals surface area contributed by atoms with E-state index in [1.165, 1.54) is 12.4 Å². The summed E-state index contributed by atoms with van der Waals surface area (Å²) in [5, 5.41) is 3.11. The molecule has 0 spiro atoms. The van der Waals surface area contributed by atoms with Gasteiger partial charge in [0.15, 0.2) is 5.82 Å². The smallest absolute Gasteiger partial charge is 0.257 e. The Morgan fingerprint density at radius 1 is 1.32 bits per heavy atom. The van der Waals surface area contributed by atoms with E-state index in [1.54, 1.807) is 24.4 Å². The number of nitrogens with zero attached hydrogens (tertiary/aromatic N) is 3. The van der Waals surface area contributed by atoms with E-state index < -0.39 is 0 Å². The minimum Gasteiger partial charge on any atom is -0.361 e. The van der Waals surface area contributed by atoms with Crippen molar-refractivity contribution >= 4 is 29.0 Å². The highest BCUT2D eigenvalue weighted by molar-refractivity contribution is 6.34. The highest BCUT2D eigenvalue weighted by Gasteiger charge is 2.13.